The molecule has 76 valence electrons. The molecule has 8 heteroatoms. The molecule has 0 aromatic carbocycles. The molecule has 0 fully saturated rings. The number of aromatic nitrogens is 1. The van der Waals surface area contributed by atoms with Gasteiger partial charge in [-0.1, -0.05) is 0 Å². The van der Waals surface area contributed by atoms with Crippen molar-refractivity contribution in [1.29, 1.82) is 0 Å². The van der Waals surface area contributed by atoms with Crippen LogP contribution in [0.2, 0.25) is 0 Å². The van der Waals surface area contributed by atoms with Gasteiger partial charge in [-0.25, -0.2) is 13.2 Å². The number of halogens is 4. The van der Waals surface area contributed by atoms with Crippen LogP contribution in [-0.4, -0.2) is 9.91 Å². The Morgan fingerprint density at radius 1 is 1.43 bits per heavy atom. The van der Waals surface area contributed by atoms with Gasteiger partial charge in [-0.05, 0) is 9.91 Å². The number of nitro groups is 1. The van der Waals surface area contributed by atoms with E-state index in [4.69, 9.17) is 0 Å². The Labute approximate surface area is 74.3 Å². The molecule has 0 saturated carbocycles. The molecule has 0 radical (unpaired) electrons. The molecule has 1 rings (SSSR count). The zero-order valence-corrected chi connectivity index (χ0v) is 6.38. The molecule has 0 aliphatic rings. The molecule has 0 N–H and O–H groups in total. The molecule has 0 unspecified atom stereocenters. The molecule has 1 heterocycles. The standard InChI is InChI=1S/C6H2F4N2O2/c7-2-1-3(8)11-6(12(13)14)4(2)5(9)10/h1,5H. The maximum atomic E-state index is 12.7. The van der Waals surface area contributed by atoms with Crippen LogP contribution in [0.5, 0.6) is 0 Å². The van der Waals surface area contributed by atoms with Crippen molar-refractivity contribution in [2.24, 2.45) is 0 Å². The summed E-state index contributed by atoms with van der Waals surface area (Å²) in [6.07, 6.45) is -3.41. The summed E-state index contributed by atoms with van der Waals surface area (Å²) >= 11 is 0. The largest absolute Gasteiger partial charge is 0.378 e. The predicted octanol–water partition coefficient (Wildman–Crippen LogP) is 2.21. The Kier molecular flexibility index (Phi) is 2.63. The monoisotopic (exact) mass is 210 g/mol. The average molecular weight is 210 g/mol. The molecule has 0 aliphatic carbocycles. The number of nitrogens with zero attached hydrogens (tertiary/aromatic N) is 2. The highest BCUT2D eigenvalue weighted by atomic mass is 19.3. The summed E-state index contributed by atoms with van der Waals surface area (Å²) < 4.78 is 49.1. The Balaban J connectivity index is 3.44. The molecule has 1 aromatic heterocycles. The minimum absolute atomic E-state index is 0.0640. The summed E-state index contributed by atoms with van der Waals surface area (Å²) in [7, 11) is 0. The maximum Gasteiger partial charge on any atom is 0.378 e. The second-order valence-electron chi connectivity index (χ2n) is 2.22. The van der Waals surface area contributed by atoms with Crippen molar-refractivity contribution in [2.45, 2.75) is 6.43 Å². The van der Waals surface area contributed by atoms with E-state index in [2.05, 4.69) is 4.98 Å². The SMILES string of the molecule is O=[N+]([O-])c1nc(F)cc(F)c1C(F)F. The van der Waals surface area contributed by atoms with Gasteiger partial charge in [-0.15, -0.1) is 0 Å². The minimum Gasteiger partial charge on any atom is -0.358 e. The van der Waals surface area contributed by atoms with Gasteiger partial charge in [0.05, 0.1) is 6.07 Å². The summed E-state index contributed by atoms with van der Waals surface area (Å²) in [4.78, 5) is 11.3. The first-order chi connectivity index (χ1) is 6.43. The average Bonchev–Trinajstić information content (AvgIpc) is 2.01. The van der Waals surface area contributed by atoms with Crippen LogP contribution in [0.25, 0.3) is 0 Å². The Bertz CT molecular complexity index is 382. The first-order valence-electron chi connectivity index (χ1n) is 3.22. The van der Waals surface area contributed by atoms with Gasteiger partial charge in [-0.3, -0.25) is 0 Å². The van der Waals surface area contributed by atoms with E-state index >= 15 is 0 Å². The minimum atomic E-state index is -3.41. The molecule has 0 aliphatic heterocycles. The van der Waals surface area contributed by atoms with Gasteiger partial charge in [0.15, 0.2) is 5.56 Å². The van der Waals surface area contributed by atoms with Crippen LogP contribution >= 0.6 is 0 Å². The fourth-order valence-electron chi connectivity index (χ4n) is 0.824. The lowest BCUT2D eigenvalue weighted by atomic mass is 10.2. The molecular weight excluding hydrogens is 208 g/mol. The number of alkyl halides is 2. The van der Waals surface area contributed by atoms with Crippen molar-refractivity contribution in [2.75, 3.05) is 0 Å². The summed E-state index contributed by atoms with van der Waals surface area (Å²) in [5.41, 5.74) is -1.50. The lowest BCUT2D eigenvalue weighted by molar-refractivity contribution is -0.391. The first-order valence-corrected chi connectivity index (χ1v) is 3.22. The molecule has 1 aromatic rings. The highest BCUT2D eigenvalue weighted by Gasteiger charge is 2.29. The summed E-state index contributed by atoms with van der Waals surface area (Å²) in [6.45, 7) is 0. The zero-order valence-electron chi connectivity index (χ0n) is 6.38. The normalized spacial score (nSPS) is 10.6. The summed E-state index contributed by atoms with van der Waals surface area (Å²) in [5.74, 6) is -4.70. The molecule has 0 spiro atoms. The van der Waals surface area contributed by atoms with Crippen molar-refractivity contribution < 1.29 is 22.5 Å². The molecule has 0 amide bonds. The van der Waals surface area contributed by atoms with Crippen molar-refractivity contribution >= 4 is 5.82 Å². The molecule has 4 nitrogen and oxygen atoms in total. The number of hydrogen-bond acceptors (Lipinski definition) is 3. The number of hydrogen-bond donors (Lipinski definition) is 0. The Hall–Kier alpha value is -1.73. The topological polar surface area (TPSA) is 56.0 Å². The van der Waals surface area contributed by atoms with Crippen molar-refractivity contribution in [3.63, 3.8) is 0 Å². The number of pyridine rings is 1. The third kappa shape index (κ3) is 1.78. The Morgan fingerprint density at radius 3 is 2.43 bits per heavy atom. The van der Waals surface area contributed by atoms with Gasteiger partial charge in [0.25, 0.3) is 6.43 Å². The first kappa shape index (κ1) is 10.4. The van der Waals surface area contributed by atoms with Gasteiger partial charge in [-0.2, -0.15) is 4.39 Å². The van der Waals surface area contributed by atoms with Gasteiger partial charge in [0.2, 0.25) is 0 Å². The van der Waals surface area contributed by atoms with Gasteiger partial charge >= 0.3 is 11.8 Å². The van der Waals surface area contributed by atoms with E-state index in [1.165, 1.54) is 0 Å². The van der Waals surface area contributed by atoms with E-state index in [0.29, 0.717) is 0 Å². The lowest BCUT2D eigenvalue weighted by Crippen LogP contribution is -2.04. The van der Waals surface area contributed by atoms with E-state index in [0.717, 1.165) is 0 Å². The van der Waals surface area contributed by atoms with E-state index in [1.807, 2.05) is 0 Å². The van der Waals surface area contributed by atoms with Gasteiger partial charge in [0.1, 0.15) is 5.82 Å². The van der Waals surface area contributed by atoms with E-state index in [-0.39, 0.29) is 6.07 Å². The maximum absolute atomic E-state index is 12.7. The number of rotatable bonds is 2. The van der Waals surface area contributed by atoms with Crippen LogP contribution in [0.15, 0.2) is 6.07 Å². The molecular formula is C6H2F4N2O2. The van der Waals surface area contributed by atoms with E-state index < -0.39 is 34.5 Å². The Morgan fingerprint density at radius 2 is 2.00 bits per heavy atom. The highest BCUT2D eigenvalue weighted by molar-refractivity contribution is 5.34. The second-order valence-corrected chi connectivity index (χ2v) is 2.22. The van der Waals surface area contributed by atoms with Crippen LogP contribution < -0.4 is 0 Å². The van der Waals surface area contributed by atoms with Crippen molar-refractivity contribution in [3.8, 4) is 0 Å². The van der Waals surface area contributed by atoms with Crippen LogP contribution in [0, 0.1) is 21.9 Å². The van der Waals surface area contributed by atoms with Gasteiger partial charge < -0.3 is 10.1 Å². The van der Waals surface area contributed by atoms with E-state index in [9.17, 15) is 27.7 Å². The van der Waals surface area contributed by atoms with Gasteiger partial charge in [0, 0.05) is 0 Å². The van der Waals surface area contributed by atoms with Crippen LogP contribution in [0.4, 0.5) is 23.4 Å². The van der Waals surface area contributed by atoms with Crippen LogP contribution in [0.3, 0.4) is 0 Å². The summed E-state index contributed by atoms with van der Waals surface area (Å²) in [5, 5.41) is 10.1. The third-order valence-electron chi connectivity index (χ3n) is 1.35. The lowest BCUT2D eigenvalue weighted by Gasteiger charge is -2.01. The van der Waals surface area contributed by atoms with Crippen molar-refractivity contribution in [3.05, 3.63) is 33.5 Å². The fraction of sp³-hybridized carbons (Fsp3) is 0.167. The highest BCUT2D eigenvalue weighted by Crippen LogP contribution is 2.29. The fourth-order valence-corrected chi connectivity index (χ4v) is 0.824. The third-order valence-corrected chi connectivity index (χ3v) is 1.35. The second kappa shape index (κ2) is 3.56. The zero-order chi connectivity index (χ0) is 10.9. The van der Waals surface area contributed by atoms with Crippen LogP contribution in [-0.2, 0) is 0 Å². The van der Waals surface area contributed by atoms with Crippen LogP contribution in [0.1, 0.15) is 12.0 Å². The molecule has 14 heavy (non-hydrogen) atoms. The molecule has 0 saturated heterocycles. The molecule has 0 bridgehead atoms. The summed E-state index contributed by atoms with van der Waals surface area (Å²) in [6, 6.07) is 0.0640. The van der Waals surface area contributed by atoms with Crippen molar-refractivity contribution in [1.82, 2.24) is 4.98 Å². The predicted molar refractivity (Wildman–Crippen MR) is 35.8 cm³/mol. The van der Waals surface area contributed by atoms with E-state index in [1.54, 1.807) is 0 Å². The quantitative estimate of drug-likeness (QED) is 0.325. The molecule has 0 atom stereocenters. The smallest absolute Gasteiger partial charge is 0.358 e.